The average molecular weight is 375 g/mol. The Bertz CT molecular complexity index is 830. The predicted molar refractivity (Wildman–Crippen MR) is 104 cm³/mol. The Morgan fingerprint density at radius 1 is 1.27 bits per heavy atom. The summed E-state index contributed by atoms with van der Waals surface area (Å²) in [5, 5.41) is 7.04. The van der Waals surface area contributed by atoms with Gasteiger partial charge in [-0.1, -0.05) is 17.7 Å². The third-order valence-electron chi connectivity index (χ3n) is 4.11. The monoisotopic (exact) mass is 375 g/mol. The van der Waals surface area contributed by atoms with Gasteiger partial charge in [-0.2, -0.15) is 5.10 Å². The number of thioether (sulfide) groups is 1. The first kappa shape index (κ1) is 20.0. The SMILES string of the molecule is Cc1ccc(SCC(=O)O[C@@H](C)C(=O)Nc2c(C)nn(C)c2C)c(C)c1. The van der Waals surface area contributed by atoms with Crippen LogP contribution in [-0.2, 0) is 21.4 Å². The standard InChI is InChI=1S/C19H25N3O3S/c1-11-7-8-16(12(2)9-11)26-10-17(23)25-15(5)19(24)20-18-13(3)21-22(6)14(18)4/h7-9,15H,10H2,1-6H3,(H,20,24)/t15-/m0/s1. The van der Waals surface area contributed by atoms with E-state index in [0.29, 0.717) is 5.69 Å². The molecule has 1 aromatic carbocycles. The molecular formula is C19H25N3O3S. The molecule has 2 rings (SSSR count). The van der Waals surface area contributed by atoms with Gasteiger partial charge in [0.25, 0.3) is 5.91 Å². The average Bonchev–Trinajstić information content (AvgIpc) is 2.80. The van der Waals surface area contributed by atoms with Crippen molar-refractivity contribution in [3.05, 3.63) is 40.7 Å². The summed E-state index contributed by atoms with van der Waals surface area (Å²) >= 11 is 1.41. The summed E-state index contributed by atoms with van der Waals surface area (Å²) in [6.07, 6.45) is -0.874. The Balaban J connectivity index is 1.88. The zero-order valence-corrected chi connectivity index (χ0v) is 16.9. The lowest BCUT2D eigenvalue weighted by Gasteiger charge is -2.14. The zero-order chi connectivity index (χ0) is 19.4. The predicted octanol–water partition coefficient (Wildman–Crippen LogP) is 3.32. The number of nitrogens with one attached hydrogen (secondary N) is 1. The second kappa shape index (κ2) is 8.40. The summed E-state index contributed by atoms with van der Waals surface area (Å²) in [6, 6.07) is 6.07. The van der Waals surface area contributed by atoms with Crippen molar-refractivity contribution in [3.8, 4) is 0 Å². The fraction of sp³-hybridized carbons (Fsp3) is 0.421. The van der Waals surface area contributed by atoms with E-state index in [1.807, 2.05) is 46.9 Å². The normalized spacial score (nSPS) is 11.9. The van der Waals surface area contributed by atoms with Crippen molar-refractivity contribution in [3.63, 3.8) is 0 Å². The number of amides is 1. The minimum absolute atomic E-state index is 0.159. The molecule has 140 valence electrons. The Morgan fingerprint density at radius 3 is 2.54 bits per heavy atom. The number of carbonyl (C=O) groups is 2. The van der Waals surface area contributed by atoms with Crippen molar-refractivity contribution >= 4 is 29.3 Å². The highest BCUT2D eigenvalue weighted by Gasteiger charge is 2.21. The number of rotatable bonds is 6. The van der Waals surface area contributed by atoms with Gasteiger partial charge in [-0.25, -0.2) is 0 Å². The molecule has 1 amide bonds. The number of aromatic nitrogens is 2. The Hall–Kier alpha value is -2.28. The Kier molecular flexibility index (Phi) is 6.47. The first-order valence-electron chi connectivity index (χ1n) is 8.39. The zero-order valence-electron chi connectivity index (χ0n) is 16.0. The molecule has 0 spiro atoms. The van der Waals surface area contributed by atoms with Gasteiger partial charge < -0.3 is 10.1 Å². The van der Waals surface area contributed by atoms with Crippen LogP contribution < -0.4 is 5.32 Å². The number of carbonyl (C=O) groups excluding carboxylic acids is 2. The second-order valence-corrected chi connectivity index (χ2v) is 7.37. The molecule has 0 fully saturated rings. The Labute approximate surface area is 158 Å². The molecule has 26 heavy (non-hydrogen) atoms. The van der Waals surface area contributed by atoms with Crippen LogP contribution in [0.2, 0.25) is 0 Å². The van der Waals surface area contributed by atoms with E-state index < -0.39 is 12.1 Å². The highest BCUT2D eigenvalue weighted by molar-refractivity contribution is 8.00. The maximum Gasteiger partial charge on any atom is 0.317 e. The second-order valence-electron chi connectivity index (χ2n) is 6.35. The van der Waals surface area contributed by atoms with E-state index in [0.717, 1.165) is 21.8 Å². The van der Waals surface area contributed by atoms with Gasteiger partial charge >= 0.3 is 5.97 Å². The number of nitrogens with zero attached hydrogens (tertiary/aromatic N) is 2. The van der Waals surface area contributed by atoms with Gasteiger partial charge in [0, 0.05) is 11.9 Å². The van der Waals surface area contributed by atoms with E-state index in [1.165, 1.54) is 17.3 Å². The fourth-order valence-electron chi connectivity index (χ4n) is 2.56. The van der Waals surface area contributed by atoms with Gasteiger partial charge in [0.15, 0.2) is 6.10 Å². The maximum absolute atomic E-state index is 12.3. The molecule has 0 bridgehead atoms. The molecule has 7 heteroatoms. The maximum atomic E-state index is 12.3. The highest BCUT2D eigenvalue weighted by Crippen LogP contribution is 2.23. The van der Waals surface area contributed by atoms with E-state index >= 15 is 0 Å². The van der Waals surface area contributed by atoms with Crippen molar-refractivity contribution in [2.45, 2.75) is 45.6 Å². The van der Waals surface area contributed by atoms with Gasteiger partial charge in [0.05, 0.1) is 22.8 Å². The summed E-state index contributed by atoms with van der Waals surface area (Å²) in [4.78, 5) is 25.4. The number of esters is 1. The minimum atomic E-state index is -0.874. The minimum Gasteiger partial charge on any atom is -0.452 e. The van der Waals surface area contributed by atoms with Gasteiger partial charge in [0.1, 0.15) is 0 Å². The van der Waals surface area contributed by atoms with Crippen LogP contribution in [0.5, 0.6) is 0 Å². The van der Waals surface area contributed by atoms with Crippen molar-refractivity contribution < 1.29 is 14.3 Å². The highest BCUT2D eigenvalue weighted by atomic mass is 32.2. The van der Waals surface area contributed by atoms with E-state index in [-0.39, 0.29) is 11.7 Å². The van der Waals surface area contributed by atoms with Crippen molar-refractivity contribution in [2.24, 2.45) is 7.05 Å². The van der Waals surface area contributed by atoms with Crippen molar-refractivity contribution in [1.82, 2.24) is 9.78 Å². The van der Waals surface area contributed by atoms with Crippen LogP contribution in [0.15, 0.2) is 23.1 Å². The van der Waals surface area contributed by atoms with Gasteiger partial charge in [-0.3, -0.25) is 14.3 Å². The third kappa shape index (κ3) is 4.88. The molecule has 1 N–H and O–H groups in total. The quantitative estimate of drug-likeness (QED) is 0.619. The fourth-order valence-corrected chi connectivity index (χ4v) is 3.35. The molecule has 0 unspecified atom stereocenters. The third-order valence-corrected chi connectivity index (χ3v) is 5.26. The summed E-state index contributed by atoms with van der Waals surface area (Å²) in [5.74, 6) is -0.627. The molecule has 1 atom stereocenters. The molecule has 0 saturated heterocycles. The van der Waals surface area contributed by atoms with Gasteiger partial charge in [-0.15, -0.1) is 11.8 Å². The summed E-state index contributed by atoms with van der Waals surface area (Å²) in [5.41, 5.74) is 4.53. The molecule has 1 aromatic heterocycles. The Morgan fingerprint density at radius 2 is 1.96 bits per heavy atom. The number of aryl methyl sites for hydroxylation is 4. The molecule has 0 saturated carbocycles. The van der Waals surface area contributed by atoms with Crippen LogP contribution in [0.4, 0.5) is 5.69 Å². The number of ether oxygens (including phenoxy) is 1. The lowest BCUT2D eigenvalue weighted by molar-refractivity contribution is -0.150. The molecular weight excluding hydrogens is 350 g/mol. The lowest BCUT2D eigenvalue weighted by atomic mass is 10.2. The summed E-state index contributed by atoms with van der Waals surface area (Å²) in [7, 11) is 1.81. The molecule has 0 aliphatic heterocycles. The first-order valence-corrected chi connectivity index (χ1v) is 9.38. The topological polar surface area (TPSA) is 73.2 Å². The first-order chi connectivity index (χ1) is 12.2. The van der Waals surface area contributed by atoms with Crippen LogP contribution in [-0.4, -0.2) is 33.5 Å². The number of hydrogen-bond donors (Lipinski definition) is 1. The largest absolute Gasteiger partial charge is 0.452 e. The molecule has 6 nitrogen and oxygen atoms in total. The number of anilines is 1. The van der Waals surface area contributed by atoms with Crippen molar-refractivity contribution in [1.29, 1.82) is 0 Å². The van der Waals surface area contributed by atoms with Gasteiger partial charge in [-0.05, 0) is 46.2 Å². The molecule has 0 aliphatic carbocycles. The van der Waals surface area contributed by atoms with E-state index in [2.05, 4.69) is 16.5 Å². The van der Waals surface area contributed by atoms with Crippen LogP contribution in [0.3, 0.4) is 0 Å². The van der Waals surface area contributed by atoms with Gasteiger partial charge in [0.2, 0.25) is 0 Å². The van der Waals surface area contributed by atoms with E-state index in [4.69, 9.17) is 4.74 Å². The van der Waals surface area contributed by atoms with E-state index in [1.54, 1.807) is 11.6 Å². The van der Waals surface area contributed by atoms with E-state index in [9.17, 15) is 9.59 Å². The molecule has 0 aliphatic rings. The van der Waals surface area contributed by atoms with Crippen LogP contribution in [0.25, 0.3) is 0 Å². The summed E-state index contributed by atoms with van der Waals surface area (Å²) in [6.45, 7) is 9.29. The van der Waals surface area contributed by atoms with Crippen molar-refractivity contribution in [2.75, 3.05) is 11.1 Å². The van der Waals surface area contributed by atoms with Crippen LogP contribution in [0.1, 0.15) is 29.4 Å². The smallest absolute Gasteiger partial charge is 0.317 e. The molecule has 1 heterocycles. The lowest BCUT2D eigenvalue weighted by Crippen LogP contribution is -2.30. The van der Waals surface area contributed by atoms with Crippen LogP contribution in [0, 0.1) is 27.7 Å². The molecule has 0 radical (unpaired) electrons. The molecule has 2 aromatic rings. The number of hydrogen-bond acceptors (Lipinski definition) is 5. The summed E-state index contributed by atoms with van der Waals surface area (Å²) < 4.78 is 6.95. The van der Waals surface area contributed by atoms with Crippen LogP contribution >= 0.6 is 11.8 Å². The number of benzene rings is 1.